The smallest absolute Gasteiger partial charge is 0.242 e. The van der Waals surface area contributed by atoms with Gasteiger partial charge in [0, 0.05) is 16.0 Å². The van der Waals surface area contributed by atoms with Gasteiger partial charge >= 0.3 is 0 Å². The maximum absolute atomic E-state index is 12.3. The molecule has 0 saturated carbocycles. The van der Waals surface area contributed by atoms with Gasteiger partial charge in [0.1, 0.15) is 5.37 Å². The number of nitrogens with zero attached hydrogens (tertiary/aromatic N) is 2. The quantitative estimate of drug-likeness (QED) is 0.847. The number of thiazole rings is 1. The van der Waals surface area contributed by atoms with E-state index in [9.17, 15) is 4.79 Å². The van der Waals surface area contributed by atoms with E-state index in [1.807, 2.05) is 31.0 Å². The molecule has 1 fully saturated rings. The summed E-state index contributed by atoms with van der Waals surface area (Å²) in [5, 5.41) is 2.95. The molecule has 2 atom stereocenters. The molecule has 0 radical (unpaired) electrons. The minimum atomic E-state index is 0.00121. The Hall–Kier alpha value is -0.850. The minimum Gasteiger partial charge on any atom is -0.273 e. The molecule has 2 aromatic rings. The number of rotatable bonds is 2. The van der Waals surface area contributed by atoms with Gasteiger partial charge in [0.15, 0.2) is 5.13 Å². The second kappa shape index (κ2) is 4.68. The molecule has 1 saturated heterocycles. The summed E-state index contributed by atoms with van der Waals surface area (Å²) in [7, 11) is 0. The summed E-state index contributed by atoms with van der Waals surface area (Å²) in [6.45, 7) is 3.98. The van der Waals surface area contributed by atoms with Gasteiger partial charge in [0.05, 0.1) is 5.25 Å². The third-order valence-corrected chi connectivity index (χ3v) is 6.07. The van der Waals surface area contributed by atoms with Crippen LogP contribution in [0.2, 0.25) is 0 Å². The van der Waals surface area contributed by atoms with Crippen molar-refractivity contribution >= 4 is 45.5 Å². The molecular weight excluding hydrogens is 284 g/mol. The van der Waals surface area contributed by atoms with Crippen LogP contribution in [-0.4, -0.2) is 16.1 Å². The first kappa shape index (κ1) is 12.2. The van der Waals surface area contributed by atoms with Gasteiger partial charge in [-0.15, -0.1) is 34.4 Å². The fourth-order valence-corrected chi connectivity index (χ4v) is 4.94. The van der Waals surface area contributed by atoms with Crippen LogP contribution >= 0.6 is 34.4 Å². The summed E-state index contributed by atoms with van der Waals surface area (Å²) in [6.07, 6.45) is 1.83. The van der Waals surface area contributed by atoms with Gasteiger partial charge in [-0.2, -0.15) is 0 Å². The lowest BCUT2D eigenvalue weighted by Gasteiger charge is -2.19. The first-order valence-corrected chi connectivity index (χ1v) is 8.25. The van der Waals surface area contributed by atoms with Crippen molar-refractivity contribution in [2.24, 2.45) is 0 Å². The molecule has 0 bridgehead atoms. The van der Waals surface area contributed by atoms with E-state index in [2.05, 4.69) is 16.4 Å². The van der Waals surface area contributed by atoms with E-state index in [0.717, 1.165) is 10.0 Å². The molecular formula is C12H12N2OS3. The van der Waals surface area contributed by atoms with Gasteiger partial charge in [-0.1, -0.05) is 6.07 Å². The van der Waals surface area contributed by atoms with Crippen molar-refractivity contribution in [1.29, 1.82) is 0 Å². The molecule has 3 rings (SSSR count). The van der Waals surface area contributed by atoms with Crippen LogP contribution in [0.15, 0.2) is 23.7 Å². The fourth-order valence-electron chi connectivity index (χ4n) is 1.90. The van der Waals surface area contributed by atoms with Gasteiger partial charge in [-0.3, -0.25) is 9.69 Å². The molecule has 1 aliphatic heterocycles. The lowest BCUT2D eigenvalue weighted by Crippen LogP contribution is -2.29. The average Bonchev–Trinajstić information content (AvgIpc) is 3.02. The van der Waals surface area contributed by atoms with Gasteiger partial charge in [0.2, 0.25) is 5.91 Å². The number of carbonyl (C=O) groups excluding carboxylic acids is 1. The SMILES string of the molecule is Cc1cnc(N2C(=O)[C@@H](C)S[C@H]2c2cccs2)s1. The van der Waals surface area contributed by atoms with Crippen LogP contribution in [0.1, 0.15) is 22.1 Å². The maximum atomic E-state index is 12.3. The highest BCUT2D eigenvalue weighted by molar-refractivity contribution is 8.01. The highest BCUT2D eigenvalue weighted by Crippen LogP contribution is 2.47. The molecule has 0 N–H and O–H groups in total. The monoisotopic (exact) mass is 296 g/mol. The molecule has 1 aliphatic rings. The number of amides is 1. The predicted octanol–water partition coefficient (Wildman–Crippen LogP) is 3.68. The number of carbonyl (C=O) groups is 1. The first-order valence-electron chi connectivity index (χ1n) is 5.61. The summed E-state index contributed by atoms with van der Waals surface area (Å²) < 4.78 is 0. The largest absolute Gasteiger partial charge is 0.273 e. The molecule has 0 unspecified atom stereocenters. The highest BCUT2D eigenvalue weighted by atomic mass is 32.2. The zero-order valence-electron chi connectivity index (χ0n) is 9.99. The molecule has 0 spiro atoms. The standard InChI is InChI=1S/C12H12N2OS3/c1-7-6-13-12(17-7)14-10(15)8(2)18-11(14)9-4-3-5-16-9/h3-6,8,11H,1-2H3/t8-,11+/m1/s1. The third-order valence-electron chi connectivity index (χ3n) is 2.75. The number of aryl methyl sites for hydroxylation is 1. The second-order valence-corrected chi connectivity index (χ2v) is 7.73. The van der Waals surface area contributed by atoms with Crippen molar-refractivity contribution in [3.05, 3.63) is 33.5 Å². The van der Waals surface area contributed by atoms with Crippen LogP contribution < -0.4 is 4.90 Å². The molecule has 2 aromatic heterocycles. The normalized spacial score (nSPS) is 23.9. The Kier molecular flexibility index (Phi) is 3.17. The van der Waals surface area contributed by atoms with Crippen LogP contribution in [0.4, 0.5) is 5.13 Å². The predicted molar refractivity (Wildman–Crippen MR) is 78.5 cm³/mol. The Labute approximate surface area is 118 Å². The van der Waals surface area contributed by atoms with Crippen molar-refractivity contribution in [1.82, 2.24) is 4.98 Å². The maximum Gasteiger partial charge on any atom is 0.242 e. The van der Waals surface area contributed by atoms with Crippen LogP contribution in [0, 0.1) is 6.92 Å². The van der Waals surface area contributed by atoms with Gasteiger partial charge in [-0.25, -0.2) is 4.98 Å². The molecule has 1 amide bonds. The van der Waals surface area contributed by atoms with Crippen molar-refractivity contribution in [3.8, 4) is 0 Å². The molecule has 6 heteroatoms. The van der Waals surface area contributed by atoms with E-state index in [1.54, 1.807) is 34.4 Å². The van der Waals surface area contributed by atoms with Crippen LogP contribution in [0.5, 0.6) is 0 Å². The first-order chi connectivity index (χ1) is 8.66. The summed E-state index contributed by atoms with van der Waals surface area (Å²) in [6, 6.07) is 4.11. The summed E-state index contributed by atoms with van der Waals surface area (Å²) in [5.74, 6) is 0.160. The van der Waals surface area contributed by atoms with Crippen molar-refractivity contribution in [3.63, 3.8) is 0 Å². The number of aromatic nitrogens is 1. The average molecular weight is 296 g/mol. The number of thiophene rings is 1. The molecule has 3 nitrogen and oxygen atoms in total. The Morgan fingerprint density at radius 2 is 2.28 bits per heavy atom. The number of thioether (sulfide) groups is 1. The van der Waals surface area contributed by atoms with E-state index in [4.69, 9.17) is 0 Å². The van der Waals surface area contributed by atoms with Crippen LogP contribution in [-0.2, 0) is 4.79 Å². The number of hydrogen-bond donors (Lipinski definition) is 0. The van der Waals surface area contributed by atoms with Gasteiger partial charge in [0.25, 0.3) is 0 Å². The highest BCUT2D eigenvalue weighted by Gasteiger charge is 2.41. The van der Waals surface area contributed by atoms with Crippen molar-refractivity contribution in [2.75, 3.05) is 4.90 Å². The van der Waals surface area contributed by atoms with E-state index < -0.39 is 0 Å². The van der Waals surface area contributed by atoms with E-state index in [0.29, 0.717) is 0 Å². The van der Waals surface area contributed by atoms with E-state index in [1.165, 1.54) is 4.88 Å². The molecule has 94 valence electrons. The topological polar surface area (TPSA) is 33.2 Å². The Balaban J connectivity index is 2.00. The Bertz CT molecular complexity index is 564. The molecule has 18 heavy (non-hydrogen) atoms. The molecule has 0 aliphatic carbocycles. The van der Waals surface area contributed by atoms with Gasteiger partial charge < -0.3 is 0 Å². The summed E-state index contributed by atoms with van der Waals surface area (Å²) >= 11 is 4.97. The minimum absolute atomic E-state index is 0.00121. The third kappa shape index (κ3) is 1.98. The zero-order chi connectivity index (χ0) is 12.7. The number of anilines is 1. The van der Waals surface area contributed by atoms with Crippen molar-refractivity contribution < 1.29 is 4.79 Å². The van der Waals surface area contributed by atoms with E-state index >= 15 is 0 Å². The molecule has 0 aromatic carbocycles. The van der Waals surface area contributed by atoms with Crippen molar-refractivity contribution in [2.45, 2.75) is 24.5 Å². The summed E-state index contributed by atoms with van der Waals surface area (Å²) in [4.78, 5) is 20.8. The fraction of sp³-hybridized carbons (Fsp3) is 0.333. The number of hydrogen-bond acceptors (Lipinski definition) is 5. The molecule has 3 heterocycles. The zero-order valence-corrected chi connectivity index (χ0v) is 12.4. The Morgan fingerprint density at radius 3 is 2.89 bits per heavy atom. The lowest BCUT2D eigenvalue weighted by atomic mass is 10.3. The van der Waals surface area contributed by atoms with Gasteiger partial charge in [-0.05, 0) is 25.3 Å². The van der Waals surface area contributed by atoms with Crippen LogP contribution in [0.25, 0.3) is 0 Å². The van der Waals surface area contributed by atoms with Crippen LogP contribution in [0.3, 0.4) is 0 Å². The Morgan fingerprint density at radius 1 is 1.44 bits per heavy atom. The summed E-state index contributed by atoms with van der Waals surface area (Å²) in [5.41, 5.74) is 0. The second-order valence-electron chi connectivity index (χ2n) is 4.11. The van der Waals surface area contributed by atoms with E-state index in [-0.39, 0.29) is 16.5 Å². The lowest BCUT2D eigenvalue weighted by molar-refractivity contribution is -0.117.